The molecule has 0 atom stereocenters. The number of anilines is 1. The van der Waals surface area contributed by atoms with Gasteiger partial charge >= 0.3 is 0 Å². The molecule has 0 bridgehead atoms. The van der Waals surface area contributed by atoms with Crippen molar-refractivity contribution in [1.82, 2.24) is 19.3 Å². The summed E-state index contributed by atoms with van der Waals surface area (Å²) >= 11 is 6.13. The first-order valence-corrected chi connectivity index (χ1v) is 8.93. The first-order valence-electron chi connectivity index (χ1n) is 8.55. The summed E-state index contributed by atoms with van der Waals surface area (Å²) in [6.45, 7) is 4.00. The molecule has 0 fully saturated rings. The number of amides is 1. The van der Waals surface area contributed by atoms with Crippen molar-refractivity contribution in [3.63, 3.8) is 0 Å². The van der Waals surface area contributed by atoms with Gasteiger partial charge < -0.3 is 9.88 Å². The van der Waals surface area contributed by atoms with Crippen LogP contribution in [0.5, 0.6) is 0 Å². The zero-order valence-corrected chi connectivity index (χ0v) is 15.7. The molecule has 0 unspecified atom stereocenters. The van der Waals surface area contributed by atoms with Crippen LogP contribution in [0.1, 0.15) is 11.3 Å². The summed E-state index contributed by atoms with van der Waals surface area (Å²) in [4.78, 5) is 17.2. The fourth-order valence-electron chi connectivity index (χ4n) is 3.15. The largest absolute Gasteiger partial charge is 0.323 e. The first kappa shape index (κ1) is 17.3. The molecule has 0 aliphatic rings. The molecule has 0 aliphatic heterocycles. The Morgan fingerprint density at radius 3 is 2.63 bits per heavy atom. The number of carbonyl (C=O) groups excluding carboxylic acids is 1. The molecule has 0 saturated carbocycles. The van der Waals surface area contributed by atoms with E-state index < -0.39 is 0 Å². The van der Waals surface area contributed by atoms with Gasteiger partial charge in [0.25, 0.3) is 0 Å². The fourth-order valence-corrected chi connectivity index (χ4v) is 3.33. The summed E-state index contributed by atoms with van der Waals surface area (Å²) in [5, 5.41) is 8.92. The van der Waals surface area contributed by atoms with Crippen LogP contribution in [0.4, 0.5) is 5.69 Å². The average molecular weight is 380 g/mol. The van der Waals surface area contributed by atoms with E-state index in [1.165, 1.54) is 0 Å². The second-order valence-corrected chi connectivity index (χ2v) is 6.79. The highest BCUT2D eigenvalue weighted by molar-refractivity contribution is 6.33. The lowest BCUT2D eigenvalue weighted by Crippen LogP contribution is -2.20. The van der Waals surface area contributed by atoms with Crippen molar-refractivity contribution in [3.05, 3.63) is 71.1 Å². The van der Waals surface area contributed by atoms with Gasteiger partial charge in [-0.3, -0.25) is 4.79 Å². The lowest BCUT2D eigenvalue weighted by molar-refractivity contribution is -0.116. The third-order valence-corrected chi connectivity index (χ3v) is 4.63. The molecule has 3 aromatic heterocycles. The molecule has 1 amide bonds. The number of halogens is 1. The van der Waals surface area contributed by atoms with Crippen LogP contribution < -0.4 is 5.32 Å². The normalized spacial score (nSPS) is 11.1. The molecule has 0 radical (unpaired) electrons. The third kappa shape index (κ3) is 3.31. The van der Waals surface area contributed by atoms with E-state index in [2.05, 4.69) is 15.4 Å². The third-order valence-electron chi connectivity index (χ3n) is 4.30. The Kier molecular flexibility index (Phi) is 4.41. The zero-order valence-electron chi connectivity index (χ0n) is 15.0. The Labute approximate surface area is 161 Å². The number of para-hydroxylation sites is 1. The van der Waals surface area contributed by atoms with Crippen LogP contribution in [0, 0.1) is 13.8 Å². The highest BCUT2D eigenvalue weighted by Crippen LogP contribution is 2.25. The molecule has 4 rings (SSSR count). The number of fused-ring (bicyclic) bond motifs is 1. The van der Waals surface area contributed by atoms with Gasteiger partial charge in [-0.15, -0.1) is 0 Å². The molecule has 7 heteroatoms. The standard InChI is InChI=1S/C20H18ClN5O/c1-13-11-14(2)22-19-18(13)20(25-9-5-6-10-25)24-26(19)12-17(27)23-16-8-4-3-7-15(16)21/h3-11H,12H2,1-2H3,(H,23,27). The predicted octanol–water partition coefficient (Wildman–Crippen LogP) is 4.13. The van der Waals surface area contributed by atoms with E-state index in [-0.39, 0.29) is 12.5 Å². The second kappa shape index (κ2) is 6.89. The van der Waals surface area contributed by atoms with Gasteiger partial charge in [0.15, 0.2) is 11.5 Å². The maximum absolute atomic E-state index is 12.6. The van der Waals surface area contributed by atoms with Gasteiger partial charge in [0.1, 0.15) is 6.54 Å². The van der Waals surface area contributed by atoms with E-state index in [1.54, 1.807) is 16.8 Å². The number of hydrogen-bond acceptors (Lipinski definition) is 3. The zero-order chi connectivity index (χ0) is 19.0. The van der Waals surface area contributed by atoms with E-state index in [1.807, 2.05) is 61.1 Å². The number of carbonyl (C=O) groups is 1. The Morgan fingerprint density at radius 2 is 1.89 bits per heavy atom. The van der Waals surface area contributed by atoms with E-state index in [0.29, 0.717) is 16.4 Å². The summed E-state index contributed by atoms with van der Waals surface area (Å²) in [5.41, 5.74) is 3.21. The minimum Gasteiger partial charge on any atom is -0.323 e. The maximum atomic E-state index is 12.6. The molecule has 0 spiro atoms. The maximum Gasteiger partial charge on any atom is 0.246 e. The van der Waals surface area contributed by atoms with E-state index in [4.69, 9.17) is 11.6 Å². The number of aromatic nitrogens is 4. The average Bonchev–Trinajstić information content (AvgIpc) is 3.25. The predicted molar refractivity (Wildman–Crippen MR) is 106 cm³/mol. The van der Waals surface area contributed by atoms with Crippen LogP contribution in [0.15, 0.2) is 54.9 Å². The molecule has 0 aliphatic carbocycles. The number of nitrogens with one attached hydrogen (secondary N) is 1. The summed E-state index contributed by atoms with van der Waals surface area (Å²) in [5.74, 6) is 0.540. The molecule has 27 heavy (non-hydrogen) atoms. The van der Waals surface area contributed by atoms with E-state index in [0.717, 1.165) is 22.5 Å². The van der Waals surface area contributed by atoms with Crippen LogP contribution in [0.25, 0.3) is 16.9 Å². The summed E-state index contributed by atoms with van der Waals surface area (Å²) < 4.78 is 3.56. The molecule has 0 saturated heterocycles. The smallest absolute Gasteiger partial charge is 0.246 e. The SMILES string of the molecule is Cc1cc(C)c2c(-n3cccc3)nn(CC(=O)Nc3ccccc3Cl)c2n1. The monoisotopic (exact) mass is 379 g/mol. The van der Waals surface area contributed by atoms with Crippen LogP contribution in [-0.2, 0) is 11.3 Å². The van der Waals surface area contributed by atoms with Gasteiger partial charge in [0.2, 0.25) is 5.91 Å². The van der Waals surface area contributed by atoms with Crippen molar-refractivity contribution >= 4 is 34.2 Å². The molecule has 1 aromatic carbocycles. The van der Waals surface area contributed by atoms with E-state index in [9.17, 15) is 4.79 Å². The molecule has 136 valence electrons. The van der Waals surface area contributed by atoms with Crippen molar-refractivity contribution in [2.45, 2.75) is 20.4 Å². The summed E-state index contributed by atoms with van der Waals surface area (Å²) in [7, 11) is 0. The lowest BCUT2D eigenvalue weighted by atomic mass is 10.2. The highest BCUT2D eigenvalue weighted by atomic mass is 35.5. The van der Waals surface area contributed by atoms with Gasteiger partial charge in [-0.05, 0) is 49.7 Å². The Balaban J connectivity index is 1.73. The van der Waals surface area contributed by atoms with Crippen LogP contribution >= 0.6 is 11.6 Å². The van der Waals surface area contributed by atoms with Crippen molar-refractivity contribution < 1.29 is 4.79 Å². The van der Waals surface area contributed by atoms with Crippen LogP contribution in [0.3, 0.4) is 0 Å². The second-order valence-electron chi connectivity index (χ2n) is 6.38. The minimum absolute atomic E-state index is 0.0406. The minimum atomic E-state index is -0.215. The number of aryl methyl sites for hydroxylation is 2. The Morgan fingerprint density at radius 1 is 1.15 bits per heavy atom. The first-order chi connectivity index (χ1) is 13.0. The number of benzene rings is 1. The highest BCUT2D eigenvalue weighted by Gasteiger charge is 2.18. The quantitative estimate of drug-likeness (QED) is 0.579. The Hall–Kier alpha value is -3.12. The van der Waals surface area contributed by atoms with Gasteiger partial charge in [0, 0.05) is 18.1 Å². The fraction of sp³-hybridized carbons (Fsp3) is 0.150. The molecular formula is C20H18ClN5O. The van der Waals surface area contributed by atoms with Gasteiger partial charge in [-0.2, -0.15) is 5.10 Å². The van der Waals surface area contributed by atoms with Gasteiger partial charge in [0.05, 0.1) is 16.1 Å². The molecular weight excluding hydrogens is 362 g/mol. The van der Waals surface area contributed by atoms with Crippen molar-refractivity contribution in [2.75, 3.05) is 5.32 Å². The number of nitrogens with zero attached hydrogens (tertiary/aromatic N) is 4. The number of hydrogen-bond donors (Lipinski definition) is 1. The van der Waals surface area contributed by atoms with Crippen molar-refractivity contribution in [3.8, 4) is 5.82 Å². The molecule has 3 heterocycles. The molecule has 1 N–H and O–H groups in total. The van der Waals surface area contributed by atoms with Crippen LogP contribution in [-0.4, -0.2) is 25.2 Å². The van der Waals surface area contributed by atoms with Gasteiger partial charge in [-0.1, -0.05) is 23.7 Å². The summed E-state index contributed by atoms with van der Waals surface area (Å²) in [6, 6.07) is 13.0. The molecule has 6 nitrogen and oxygen atoms in total. The number of rotatable bonds is 4. The summed E-state index contributed by atoms with van der Waals surface area (Å²) in [6.07, 6.45) is 3.85. The lowest BCUT2D eigenvalue weighted by Gasteiger charge is -2.07. The van der Waals surface area contributed by atoms with E-state index >= 15 is 0 Å². The molecule has 4 aromatic rings. The van der Waals surface area contributed by atoms with Crippen molar-refractivity contribution in [1.29, 1.82) is 0 Å². The van der Waals surface area contributed by atoms with Crippen LogP contribution in [0.2, 0.25) is 5.02 Å². The van der Waals surface area contributed by atoms with Gasteiger partial charge in [-0.25, -0.2) is 9.67 Å². The number of pyridine rings is 1. The Bertz CT molecular complexity index is 1130. The topological polar surface area (TPSA) is 64.7 Å². The van der Waals surface area contributed by atoms with Crippen molar-refractivity contribution in [2.24, 2.45) is 0 Å².